The fraction of sp³-hybridized carbons (Fsp3) is 0.217. The molecule has 156 valence electrons. The van der Waals surface area contributed by atoms with Crippen LogP contribution in [0, 0.1) is 0 Å². The van der Waals surface area contributed by atoms with Crippen molar-refractivity contribution >= 4 is 16.7 Å². The second kappa shape index (κ2) is 8.16. The molecule has 1 aliphatic rings. The normalized spacial score (nSPS) is 16.4. The summed E-state index contributed by atoms with van der Waals surface area (Å²) in [7, 11) is 1.63. The molecule has 31 heavy (non-hydrogen) atoms. The fourth-order valence-corrected chi connectivity index (χ4v) is 3.77. The minimum atomic E-state index is -0.481. The zero-order chi connectivity index (χ0) is 21.2. The number of carbonyl (C=O) groups is 1. The van der Waals surface area contributed by atoms with E-state index in [0.717, 1.165) is 22.1 Å². The largest absolute Gasteiger partial charge is 0.496 e. The summed E-state index contributed by atoms with van der Waals surface area (Å²) in [6, 6.07) is 15.0. The zero-order valence-electron chi connectivity index (χ0n) is 16.9. The van der Waals surface area contributed by atoms with E-state index in [9.17, 15) is 4.79 Å². The van der Waals surface area contributed by atoms with E-state index in [1.54, 1.807) is 36.5 Å². The maximum absolute atomic E-state index is 13.4. The van der Waals surface area contributed by atoms with Crippen LogP contribution in [0.4, 0.5) is 0 Å². The quantitative estimate of drug-likeness (QED) is 0.503. The number of fused-ring (bicyclic) bond motifs is 1. The van der Waals surface area contributed by atoms with E-state index in [4.69, 9.17) is 14.0 Å². The molecule has 5 rings (SSSR count). The summed E-state index contributed by atoms with van der Waals surface area (Å²) >= 11 is 0. The summed E-state index contributed by atoms with van der Waals surface area (Å²) < 4.78 is 16.7. The highest BCUT2D eigenvalue weighted by molar-refractivity contribution is 6.08. The predicted molar refractivity (Wildman–Crippen MR) is 113 cm³/mol. The van der Waals surface area contributed by atoms with Gasteiger partial charge in [-0.2, -0.15) is 4.98 Å². The number of pyridine rings is 1. The van der Waals surface area contributed by atoms with Gasteiger partial charge in [0.2, 0.25) is 5.82 Å². The minimum Gasteiger partial charge on any atom is -0.496 e. The Morgan fingerprint density at radius 3 is 2.71 bits per heavy atom. The Morgan fingerprint density at radius 1 is 1.10 bits per heavy atom. The molecule has 1 atom stereocenters. The van der Waals surface area contributed by atoms with Crippen LogP contribution in [0.1, 0.15) is 22.4 Å². The van der Waals surface area contributed by atoms with Crippen LogP contribution in [0.3, 0.4) is 0 Å². The molecular formula is C23H20N4O4. The topological polar surface area (TPSA) is 90.6 Å². The van der Waals surface area contributed by atoms with Gasteiger partial charge in [0.1, 0.15) is 5.75 Å². The summed E-state index contributed by atoms with van der Waals surface area (Å²) in [6.07, 6.45) is 2.86. The summed E-state index contributed by atoms with van der Waals surface area (Å²) in [5.74, 6) is 1.48. The number of amides is 1. The molecule has 0 N–H and O–H groups in total. The molecule has 0 saturated carbocycles. The summed E-state index contributed by atoms with van der Waals surface area (Å²) in [6.45, 7) is 1.20. The van der Waals surface area contributed by atoms with Crippen molar-refractivity contribution in [3.05, 3.63) is 72.4 Å². The number of nitrogens with zero attached hydrogens (tertiary/aromatic N) is 4. The first-order valence-electron chi connectivity index (χ1n) is 9.95. The van der Waals surface area contributed by atoms with Crippen LogP contribution in [-0.4, -0.2) is 52.7 Å². The van der Waals surface area contributed by atoms with Crippen molar-refractivity contribution in [3.63, 3.8) is 0 Å². The van der Waals surface area contributed by atoms with Crippen molar-refractivity contribution in [2.24, 2.45) is 0 Å². The summed E-state index contributed by atoms with van der Waals surface area (Å²) in [5.41, 5.74) is 1.43. The Labute approximate surface area is 178 Å². The first-order chi connectivity index (χ1) is 15.2. The third-order valence-corrected chi connectivity index (χ3v) is 5.34. The van der Waals surface area contributed by atoms with E-state index in [1.807, 2.05) is 36.4 Å². The van der Waals surface area contributed by atoms with Gasteiger partial charge in [-0.05, 0) is 29.7 Å². The smallest absolute Gasteiger partial charge is 0.257 e. The molecule has 1 saturated heterocycles. The Kier molecular flexibility index (Phi) is 5.05. The van der Waals surface area contributed by atoms with Crippen LogP contribution < -0.4 is 4.74 Å². The Bertz CT molecular complexity index is 1220. The molecule has 1 fully saturated rings. The second-order valence-corrected chi connectivity index (χ2v) is 7.16. The van der Waals surface area contributed by atoms with Crippen molar-refractivity contribution in [2.75, 3.05) is 26.8 Å². The number of hydrogen-bond acceptors (Lipinski definition) is 7. The van der Waals surface area contributed by atoms with Gasteiger partial charge in [-0.3, -0.25) is 9.78 Å². The molecule has 0 unspecified atom stereocenters. The molecule has 2 aromatic carbocycles. The fourth-order valence-electron chi connectivity index (χ4n) is 3.77. The van der Waals surface area contributed by atoms with Crippen molar-refractivity contribution in [2.45, 2.75) is 6.10 Å². The van der Waals surface area contributed by atoms with Gasteiger partial charge in [-0.15, -0.1) is 0 Å². The van der Waals surface area contributed by atoms with Gasteiger partial charge in [-0.1, -0.05) is 29.4 Å². The minimum absolute atomic E-state index is 0.0685. The Balaban J connectivity index is 1.40. The van der Waals surface area contributed by atoms with Crippen LogP contribution in [-0.2, 0) is 4.74 Å². The van der Waals surface area contributed by atoms with Gasteiger partial charge < -0.3 is 18.9 Å². The molecular weight excluding hydrogens is 396 g/mol. The third-order valence-electron chi connectivity index (χ3n) is 5.34. The monoisotopic (exact) mass is 416 g/mol. The zero-order valence-corrected chi connectivity index (χ0v) is 16.9. The maximum Gasteiger partial charge on any atom is 0.257 e. The summed E-state index contributed by atoms with van der Waals surface area (Å²) in [4.78, 5) is 23.6. The number of methoxy groups -OCH3 is 1. The highest BCUT2D eigenvalue weighted by Crippen LogP contribution is 2.30. The first kappa shape index (κ1) is 19.2. The molecule has 3 heterocycles. The van der Waals surface area contributed by atoms with Gasteiger partial charge >= 0.3 is 0 Å². The third kappa shape index (κ3) is 3.62. The van der Waals surface area contributed by atoms with Crippen LogP contribution in [0.5, 0.6) is 5.75 Å². The molecule has 0 bridgehead atoms. The molecule has 0 spiro atoms. The summed E-state index contributed by atoms with van der Waals surface area (Å²) in [5, 5.41) is 5.80. The number of hydrogen-bond donors (Lipinski definition) is 0. The molecule has 2 aromatic heterocycles. The molecule has 1 aliphatic heterocycles. The maximum atomic E-state index is 13.4. The van der Waals surface area contributed by atoms with Crippen molar-refractivity contribution in [1.29, 1.82) is 0 Å². The van der Waals surface area contributed by atoms with E-state index < -0.39 is 6.10 Å². The SMILES string of the molecule is COc1ccc(C(=O)N2CCO[C@H](c3nc(-c4ccncc4)no3)C2)c2ccccc12. The number of rotatable bonds is 4. The predicted octanol–water partition coefficient (Wildman–Crippen LogP) is 3.51. The lowest BCUT2D eigenvalue weighted by molar-refractivity contribution is -0.0366. The lowest BCUT2D eigenvalue weighted by Crippen LogP contribution is -2.42. The van der Waals surface area contributed by atoms with Gasteiger partial charge in [-0.25, -0.2) is 0 Å². The van der Waals surface area contributed by atoms with Crippen LogP contribution >= 0.6 is 0 Å². The van der Waals surface area contributed by atoms with E-state index in [1.165, 1.54) is 0 Å². The molecule has 0 aliphatic carbocycles. The van der Waals surface area contributed by atoms with Gasteiger partial charge in [0.15, 0.2) is 6.10 Å². The van der Waals surface area contributed by atoms with E-state index in [2.05, 4.69) is 15.1 Å². The number of morpholine rings is 1. The van der Waals surface area contributed by atoms with Crippen molar-refractivity contribution in [1.82, 2.24) is 20.0 Å². The van der Waals surface area contributed by atoms with Crippen LogP contribution in [0.2, 0.25) is 0 Å². The van der Waals surface area contributed by atoms with Gasteiger partial charge in [0.05, 0.1) is 20.3 Å². The number of aromatic nitrogens is 3. The van der Waals surface area contributed by atoms with E-state index in [-0.39, 0.29) is 5.91 Å². The van der Waals surface area contributed by atoms with Crippen molar-refractivity contribution < 1.29 is 18.8 Å². The van der Waals surface area contributed by atoms with E-state index in [0.29, 0.717) is 37.0 Å². The molecule has 4 aromatic rings. The lowest BCUT2D eigenvalue weighted by Gasteiger charge is -2.31. The van der Waals surface area contributed by atoms with Gasteiger partial charge in [0.25, 0.3) is 11.8 Å². The molecule has 1 amide bonds. The molecule has 0 radical (unpaired) electrons. The Morgan fingerprint density at radius 2 is 1.90 bits per heavy atom. The van der Waals surface area contributed by atoms with Gasteiger partial charge in [0, 0.05) is 35.5 Å². The van der Waals surface area contributed by atoms with Crippen molar-refractivity contribution in [3.8, 4) is 17.1 Å². The lowest BCUT2D eigenvalue weighted by atomic mass is 10.0. The Hall–Kier alpha value is -3.78. The number of carbonyl (C=O) groups excluding carboxylic acids is 1. The van der Waals surface area contributed by atoms with E-state index >= 15 is 0 Å². The van der Waals surface area contributed by atoms with Crippen LogP contribution in [0.25, 0.3) is 22.2 Å². The highest BCUT2D eigenvalue weighted by Gasteiger charge is 2.30. The molecule has 8 nitrogen and oxygen atoms in total. The average Bonchev–Trinajstić information content (AvgIpc) is 3.34. The highest BCUT2D eigenvalue weighted by atomic mass is 16.5. The molecule has 8 heteroatoms. The standard InChI is InChI=1S/C23H20N4O4/c1-29-19-7-6-18(16-4-2-3-5-17(16)19)23(28)27-12-13-30-20(14-27)22-25-21(26-31-22)15-8-10-24-11-9-15/h2-11,20H,12-14H2,1H3/t20-/m0/s1. The first-order valence-corrected chi connectivity index (χ1v) is 9.95. The average molecular weight is 416 g/mol. The number of ether oxygens (including phenoxy) is 2. The second-order valence-electron chi connectivity index (χ2n) is 7.16. The van der Waals surface area contributed by atoms with Crippen LogP contribution in [0.15, 0.2) is 65.4 Å². The number of benzene rings is 2.